The molecule has 0 bridgehead atoms. The molecule has 9 heteroatoms. The molecule has 1 aliphatic rings. The zero-order valence-corrected chi connectivity index (χ0v) is 23.6. The molecule has 1 fully saturated rings. The molecular formula is C28H39N5O3S. The average molecular weight is 526 g/mol. The van der Waals surface area contributed by atoms with Gasteiger partial charge in [-0.05, 0) is 53.2 Å². The molecule has 2 amide bonds. The van der Waals surface area contributed by atoms with E-state index in [1.807, 2.05) is 35.2 Å². The Morgan fingerprint density at radius 3 is 2.59 bits per heavy atom. The van der Waals surface area contributed by atoms with E-state index < -0.39 is 0 Å². The summed E-state index contributed by atoms with van der Waals surface area (Å²) < 4.78 is 7.51. The van der Waals surface area contributed by atoms with E-state index in [9.17, 15) is 9.59 Å². The van der Waals surface area contributed by atoms with Crippen molar-refractivity contribution in [2.24, 2.45) is 0 Å². The number of nitrogens with zero attached hydrogens (tertiary/aromatic N) is 3. The minimum absolute atomic E-state index is 0.118. The van der Waals surface area contributed by atoms with Crippen LogP contribution in [0.1, 0.15) is 64.0 Å². The van der Waals surface area contributed by atoms with E-state index in [4.69, 9.17) is 4.74 Å². The van der Waals surface area contributed by atoms with Gasteiger partial charge in [0.25, 0.3) is 5.91 Å². The highest BCUT2D eigenvalue weighted by molar-refractivity contribution is 7.14. The topological polar surface area (TPSA) is 88.5 Å². The zero-order chi connectivity index (χ0) is 27.0. The third kappa shape index (κ3) is 7.90. The molecule has 0 unspecified atom stereocenters. The number of carbonyl (C=O) groups excluding carboxylic acids is 2. The number of morpholine rings is 1. The van der Waals surface area contributed by atoms with E-state index in [-0.39, 0.29) is 23.9 Å². The van der Waals surface area contributed by atoms with Crippen molar-refractivity contribution in [2.75, 3.05) is 38.2 Å². The molecule has 3 heterocycles. The number of thiazole rings is 1. The summed E-state index contributed by atoms with van der Waals surface area (Å²) in [7, 11) is 0. The predicted molar refractivity (Wildman–Crippen MR) is 151 cm³/mol. The van der Waals surface area contributed by atoms with Crippen molar-refractivity contribution in [1.82, 2.24) is 19.8 Å². The fourth-order valence-electron chi connectivity index (χ4n) is 3.84. The van der Waals surface area contributed by atoms with Gasteiger partial charge in [-0.2, -0.15) is 0 Å². The van der Waals surface area contributed by atoms with Crippen LogP contribution >= 0.6 is 11.3 Å². The first-order chi connectivity index (χ1) is 17.6. The molecule has 8 nitrogen and oxygen atoms in total. The van der Waals surface area contributed by atoms with Gasteiger partial charge in [0, 0.05) is 47.7 Å². The van der Waals surface area contributed by atoms with Gasteiger partial charge in [-0.3, -0.25) is 9.59 Å². The second-order valence-corrected chi connectivity index (χ2v) is 10.8. The lowest BCUT2D eigenvalue weighted by molar-refractivity contribution is -0.115. The summed E-state index contributed by atoms with van der Waals surface area (Å²) in [4.78, 5) is 32.0. The maximum Gasteiger partial charge on any atom is 0.253 e. The molecule has 2 aromatic rings. The van der Waals surface area contributed by atoms with Crippen LogP contribution in [-0.4, -0.2) is 59.1 Å². The van der Waals surface area contributed by atoms with E-state index in [1.165, 1.54) is 22.6 Å². The predicted octanol–water partition coefficient (Wildman–Crippen LogP) is 5.04. The van der Waals surface area contributed by atoms with Gasteiger partial charge in [0.2, 0.25) is 5.91 Å². The number of allylic oxidation sites excluding steroid dienone is 5. The second-order valence-electron chi connectivity index (χ2n) is 9.97. The smallest absolute Gasteiger partial charge is 0.253 e. The molecule has 1 saturated heterocycles. The first-order valence-electron chi connectivity index (χ1n) is 12.7. The van der Waals surface area contributed by atoms with Crippen molar-refractivity contribution in [3.05, 3.63) is 64.6 Å². The number of hydrogen-bond acceptors (Lipinski definition) is 6. The van der Waals surface area contributed by atoms with Crippen LogP contribution in [0.4, 0.5) is 5.13 Å². The van der Waals surface area contributed by atoms with Crippen LogP contribution in [-0.2, 0) is 15.1 Å². The average Bonchev–Trinajstić information content (AvgIpc) is 3.55. The molecule has 0 saturated carbocycles. The number of aromatic nitrogens is 2. The standard InChI is InChI=1S/C28H39N5O3S/c1-7-9-21(16-24(20(3)8-2)32-12-14-36-15-13-32)23-19-37-27(30-23)31-25(34)17-29-26(35)22-10-11-33(18-22)28(4,5)6/h7,9-11,16,18-19H,8,12-15,17H2,1-6H3,(H,29,35)(H,30,31,34)/b9-7-,21-16+,24-20?. The molecule has 0 radical (unpaired) electrons. The third-order valence-electron chi connectivity index (χ3n) is 6.14. The van der Waals surface area contributed by atoms with E-state index in [0.29, 0.717) is 10.7 Å². The number of rotatable bonds is 9. The Kier molecular flexibility index (Phi) is 9.88. The Hall–Kier alpha value is -3.17. The van der Waals surface area contributed by atoms with Crippen molar-refractivity contribution in [3.63, 3.8) is 0 Å². The lowest BCUT2D eigenvalue weighted by atomic mass is 10.1. The summed E-state index contributed by atoms with van der Waals surface area (Å²) in [6.07, 6.45) is 10.8. The minimum Gasteiger partial charge on any atom is -0.378 e. The fourth-order valence-corrected chi connectivity index (χ4v) is 4.58. The second kappa shape index (κ2) is 12.9. The highest BCUT2D eigenvalue weighted by Crippen LogP contribution is 2.26. The van der Waals surface area contributed by atoms with Gasteiger partial charge in [-0.25, -0.2) is 4.98 Å². The summed E-state index contributed by atoms with van der Waals surface area (Å²) in [6, 6.07) is 1.75. The normalized spacial score (nSPS) is 15.6. The molecule has 3 rings (SSSR count). The highest BCUT2D eigenvalue weighted by Gasteiger charge is 2.18. The minimum atomic E-state index is -0.322. The summed E-state index contributed by atoms with van der Waals surface area (Å²) in [5, 5.41) is 7.92. The number of carbonyl (C=O) groups is 2. The summed E-state index contributed by atoms with van der Waals surface area (Å²) in [5.41, 5.74) is 4.67. The molecule has 0 aliphatic carbocycles. The number of anilines is 1. The van der Waals surface area contributed by atoms with Crippen LogP contribution in [0.15, 0.2) is 53.3 Å². The van der Waals surface area contributed by atoms with Gasteiger partial charge in [-0.15, -0.1) is 11.3 Å². The van der Waals surface area contributed by atoms with Crippen molar-refractivity contribution in [3.8, 4) is 0 Å². The van der Waals surface area contributed by atoms with E-state index in [2.05, 4.69) is 61.2 Å². The van der Waals surface area contributed by atoms with Crippen LogP contribution in [0.5, 0.6) is 0 Å². The van der Waals surface area contributed by atoms with Crippen LogP contribution in [0.25, 0.3) is 5.57 Å². The Bertz CT molecular complexity index is 1180. The van der Waals surface area contributed by atoms with Crippen molar-refractivity contribution < 1.29 is 14.3 Å². The van der Waals surface area contributed by atoms with Crippen molar-refractivity contribution >= 4 is 33.9 Å². The maximum absolute atomic E-state index is 12.5. The lowest BCUT2D eigenvalue weighted by Gasteiger charge is -2.31. The van der Waals surface area contributed by atoms with Crippen molar-refractivity contribution in [2.45, 2.75) is 53.5 Å². The molecule has 1 aliphatic heterocycles. The van der Waals surface area contributed by atoms with Gasteiger partial charge in [0.15, 0.2) is 5.13 Å². The Morgan fingerprint density at radius 1 is 1.24 bits per heavy atom. The van der Waals surface area contributed by atoms with E-state index >= 15 is 0 Å². The van der Waals surface area contributed by atoms with E-state index in [1.54, 1.807) is 12.3 Å². The summed E-state index contributed by atoms with van der Waals surface area (Å²) >= 11 is 1.36. The maximum atomic E-state index is 12.5. The van der Waals surface area contributed by atoms with Crippen LogP contribution in [0.3, 0.4) is 0 Å². The first kappa shape index (κ1) is 28.4. The van der Waals surface area contributed by atoms with E-state index in [0.717, 1.165) is 44.0 Å². The Labute approximate surface area is 224 Å². The van der Waals surface area contributed by atoms with Crippen molar-refractivity contribution in [1.29, 1.82) is 0 Å². The fraction of sp³-hybridized carbons (Fsp3) is 0.464. The van der Waals surface area contributed by atoms with Crippen LogP contribution in [0.2, 0.25) is 0 Å². The zero-order valence-electron chi connectivity index (χ0n) is 22.8. The molecule has 0 atom stereocenters. The monoisotopic (exact) mass is 525 g/mol. The first-order valence-corrected chi connectivity index (χ1v) is 13.6. The van der Waals surface area contributed by atoms with Crippen LogP contribution in [0, 0.1) is 0 Å². The Morgan fingerprint density at radius 2 is 1.97 bits per heavy atom. The molecular weight excluding hydrogens is 486 g/mol. The summed E-state index contributed by atoms with van der Waals surface area (Å²) in [6.45, 7) is 15.5. The highest BCUT2D eigenvalue weighted by atomic mass is 32.1. The van der Waals surface area contributed by atoms with Crippen LogP contribution < -0.4 is 10.6 Å². The van der Waals surface area contributed by atoms with Gasteiger partial charge in [-0.1, -0.05) is 24.6 Å². The number of nitrogens with one attached hydrogen (secondary N) is 2. The Balaban J connectivity index is 1.67. The molecule has 0 aromatic carbocycles. The molecule has 2 aromatic heterocycles. The van der Waals surface area contributed by atoms with Gasteiger partial charge >= 0.3 is 0 Å². The summed E-state index contributed by atoms with van der Waals surface area (Å²) in [5.74, 6) is -0.609. The molecule has 2 N–H and O–H groups in total. The number of hydrogen-bond donors (Lipinski definition) is 2. The molecule has 37 heavy (non-hydrogen) atoms. The SMILES string of the molecule is C/C=C\C(=C/C(=C(C)CC)N1CCOCC1)c1csc(NC(=O)CNC(=O)c2ccn(C(C)(C)C)c2)n1. The largest absolute Gasteiger partial charge is 0.378 e. The van der Waals surface area contributed by atoms with Gasteiger partial charge in [0.05, 0.1) is 31.0 Å². The third-order valence-corrected chi connectivity index (χ3v) is 6.90. The lowest BCUT2D eigenvalue weighted by Crippen LogP contribution is -2.35. The van der Waals surface area contributed by atoms with Gasteiger partial charge < -0.3 is 24.8 Å². The van der Waals surface area contributed by atoms with Gasteiger partial charge in [0.1, 0.15) is 0 Å². The number of amides is 2. The quantitative estimate of drug-likeness (QED) is 0.448. The molecule has 0 spiro atoms. The number of ether oxygens (including phenoxy) is 1. The molecule has 200 valence electrons.